The molecule has 3 aliphatic heterocycles. The highest BCUT2D eigenvalue weighted by atomic mass is 35.5. The Kier molecular flexibility index (Phi) is 8.63. The lowest BCUT2D eigenvalue weighted by atomic mass is 9.68. The highest BCUT2D eigenvalue weighted by molar-refractivity contribution is 7.91. The first-order chi connectivity index (χ1) is 22.7. The van der Waals surface area contributed by atoms with E-state index in [1.807, 2.05) is 24.3 Å². The molecule has 2 amide bonds. The number of morpholine rings is 1. The molecule has 3 aromatic carbocycles. The molecule has 1 spiro atoms. The van der Waals surface area contributed by atoms with Crippen molar-refractivity contribution in [2.75, 3.05) is 45.9 Å². The van der Waals surface area contributed by atoms with Crippen molar-refractivity contribution in [3.8, 4) is 0 Å². The number of carbonyl (C=O) groups excluding carboxylic acids is 2. The quantitative estimate of drug-likeness (QED) is 0.342. The fraction of sp³-hybridized carbons (Fsp3) is 0.429. The Morgan fingerprint density at radius 3 is 2.40 bits per heavy atom. The fourth-order valence-corrected chi connectivity index (χ4v) is 10.6. The molecular formula is C35H39ClFN4O5S+. The van der Waals surface area contributed by atoms with E-state index < -0.39 is 31.2 Å². The van der Waals surface area contributed by atoms with Crippen LogP contribution < -0.4 is 14.5 Å². The summed E-state index contributed by atoms with van der Waals surface area (Å²) in [6, 6.07) is 17.0. The van der Waals surface area contributed by atoms with Crippen molar-refractivity contribution in [3.63, 3.8) is 0 Å². The first-order valence-corrected chi connectivity index (χ1v) is 18.1. The number of hydrogen-bond donors (Lipinski definition) is 2. The normalized spacial score (nSPS) is 23.8. The molecule has 1 saturated carbocycles. The minimum Gasteiger partial charge on any atom is -0.378 e. The monoisotopic (exact) mass is 681 g/mol. The van der Waals surface area contributed by atoms with Crippen LogP contribution in [0.1, 0.15) is 47.2 Å². The third-order valence-electron chi connectivity index (χ3n) is 10.5. The number of benzene rings is 3. The predicted molar refractivity (Wildman–Crippen MR) is 177 cm³/mol. The van der Waals surface area contributed by atoms with E-state index in [0.717, 1.165) is 36.1 Å². The summed E-state index contributed by atoms with van der Waals surface area (Å²) in [5.74, 6) is -1.04. The van der Waals surface area contributed by atoms with Gasteiger partial charge in [-0.15, -0.1) is 0 Å². The fourth-order valence-electron chi connectivity index (χ4n) is 8.13. The summed E-state index contributed by atoms with van der Waals surface area (Å²) in [4.78, 5) is 29.5. The molecule has 12 heteroatoms. The summed E-state index contributed by atoms with van der Waals surface area (Å²) < 4.78 is 49.6. The largest absolute Gasteiger partial charge is 0.378 e. The number of piperidine rings is 1. The maximum Gasteiger partial charge on any atom is 0.332 e. The van der Waals surface area contributed by atoms with Crippen LogP contribution in [-0.2, 0) is 31.5 Å². The second kappa shape index (κ2) is 12.6. The molecule has 3 fully saturated rings. The minimum atomic E-state index is -4.32. The van der Waals surface area contributed by atoms with Gasteiger partial charge in [-0.05, 0) is 86.8 Å². The predicted octanol–water partition coefficient (Wildman–Crippen LogP) is 4.38. The van der Waals surface area contributed by atoms with Crippen LogP contribution in [0.4, 0.5) is 10.1 Å². The molecule has 7 rings (SSSR count). The van der Waals surface area contributed by atoms with E-state index in [1.165, 1.54) is 12.1 Å². The van der Waals surface area contributed by atoms with E-state index in [0.29, 0.717) is 68.5 Å². The van der Waals surface area contributed by atoms with Crippen LogP contribution in [0.5, 0.6) is 0 Å². The van der Waals surface area contributed by atoms with Gasteiger partial charge in [-0.1, -0.05) is 29.8 Å². The molecule has 3 heterocycles. The molecule has 2 N–H and O–H groups in total. The van der Waals surface area contributed by atoms with Crippen molar-refractivity contribution in [2.45, 2.75) is 48.6 Å². The molecule has 248 valence electrons. The standard InChI is InChI=1S/C35H38ClFN4O5S/c36-30-4-2-1-3-26(30)22-39-34(43)25-7-12-31-29(21-25)35(13-15-38-16-14-35)33(24-5-6-24)41(31,23-32(42)40-17-19-46-20-18-40)47(44,45)28-10-8-27(37)9-11-28/h1-4,7-12,21,24,33,38H,5-6,13-20,22-23H2/p+1. The maximum absolute atomic E-state index is 15.3. The number of carbonyl (C=O) groups is 2. The maximum atomic E-state index is 15.3. The minimum absolute atomic E-state index is 0.0298. The molecule has 4 aliphatic rings. The molecule has 47 heavy (non-hydrogen) atoms. The van der Waals surface area contributed by atoms with Gasteiger partial charge in [-0.3, -0.25) is 9.59 Å². The lowest BCUT2D eigenvalue weighted by Crippen LogP contribution is -2.67. The molecule has 2 unspecified atom stereocenters. The molecule has 0 aromatic heterocycles. The number of nitrogens with one attached hydrogen (secondary N) is 2. The molecule has 0 radical (unpaired) electrons. The smallest absolute Gasteiger partial charge is 0.332 e. The van der Waals surface area contributed by atoms with Crippen molar-refractivity contribution < 1.29 is 27.1 Å². The van der Waals surface area contributed by atoms with E-state index in [9.17, 15) is 14.0 Å². The van der Waals surface area contributed by atoms with Gasteiger partial charge in [-0.2, -0.15) is 12.3 Å². The Labute approximate surface area is 279 Å². The van der Waals surface area contributed by atoms with Gasteiger partial charge in [-0.25, -0.2) is 4.39 Å². The van der Waals surface area contributed by atoms with Crippen LogP contribution in [-0.4, -0.2) is 77.1 Å². The summed E-state index contributed by atoms with van der Waals surface area (Å²) in [7, 11) is -4.32. The number of sulfonamides is 1. The number of amides is 2. The first-order valence-electron chi connectivity index (χ1n) is 16.3. The van der Waals surface area contributed by atoms with Gasteiger partial charge in [0.05, 0.1) is 18.6 Å². The zero-order chi connectivity index (χ0) is 32.8. The van der Waals surface area contributed by atoms with Crippen molar-refractivity contribution in [3.05, 3.63) is 94.3 Å². The van der Waals surface area contributed by atoms with Crippen molar-refractivity contribution in [1.82, 2.24) is 19.4 Å². The number of rotatable bonds is 8. The van der Waals surface area contributed by atoms with E-state index in [-0.39, 0.29) is 35.7 Å². The number of nitrogens with zero attached hydrogens (tertiary/aromatic N) is 2. The number of quaternary nitrogens is 1. The number of fused-ring (bicyclic) bond motifs is 2. The Morgan fingerprint density at radius 1 is 1.02 bits per heavy atom. The summed E-state index contributed by atoms with van der Waals surface area (Å²) >= 11 is 6.34. The summed E-state index contributed by atoms with van der Waals surface area (Å²) in [6.07, 6.45) is 3.03. The zero-order valence-corrected chi connectivity index (χ0v) is 27.7. The Morgan fingerprint density at radius 2 is 1.72 bits per heavy atom. The second-order valence-electron chi connectivity index (χ2n) is 13.1. The summed E-state index contributed by atoms with van der Waals surface area (Å²) in [5.41, 5.74) is 1.94. The summed E-state index contributed by atoms with van der Waals surface area (Å²) in [5, 5.41) is 6.98. The van der Waals surface area contributed by atoms with Gasteiger partial charge in [0.1, 0.15) is 16.8 Å². The highest BCUT2D eigenvalue weighted by Gasteiger charge is 2.71. The second-order valence-corrected chi connectivity index (χ2v) is 15.6. The van der Waals surface area contributed by atoms with Crippen LogP contribution >= 0.6 is 11.6 Å². The molecule has 0 bridgehead atoms. The number of ether oxygens (including phenoxy) is 1. The number of halogens is 2. The van der Waals surface area contributed by atoms with Crippen LogP contribution in [0.3, 0.4) is 0 Å². The molecule has 2 atom stereocenters. The van der Waals surface area contributed by atoms with Crippen LogP contribution in [0.25, 0.3) is 0 Å². The summed E-state index contributed by atoms with van der Waals surface area (Å²) in [6.45, 7) is 2.86. The van der Waals surface area contributed by atoms with Crippen molar-refractivity contribution >= 4 is 39.1 Å². The van der Waals surface area contributed by atoms with Gasteiger partial charge in [0.25, 0.3) is 11.8 Å². The lowest BCUT2D eigenvalue weighted by Gasteiger charge is -2.45. The van der Waals surface area contributed by atoms with Crippen molar-refractivity contribution in [1.29, 1.82) is 0 Å². The average Bonchev–Trinajstić information content (AvgIpc) is 3.90. The SMILES string of the molecule is O=C(NCc1ccccc1Cl)c1ccc2c(c1)C1(CCNCC1)C(C1CC1)[N+]2(CC(=O)N1CCOCC1)S(=O)(=O)c1ccc(F)cc1. The van der Waals surface area contributed by atoms with Gasteiger partial charge < -0.3 is 20.3 Å². The Bertz CT molecular complexity index is 1790. The Hall–Kier alpha value is -3.35. The van der Waals surface area contributed by atoms with Gasteiger partial charge in [0.2, 0.25) is 0 Å². The van der Waals surface area contributed by atoms with E-state index in [4.69, 9.17) is 16.3 Å². The number of hydrogen-bond acceptors (Lipinski definition) is 6. The van der Waals surface area contributed by atoms with E-state index in [1.54, 1.807) is 23.1 Å². The first kappa shape index (κ1) is 32.2. The molecule has 9 nitrogen and oxygen atoms in total. The van der Waals surface area contributed by atoms with Crippen LogP contribution in [0.2, 0.25) is 5.02 Å². The van der Waals surface area contributed by atoms with Crippen molar-refractivity contribution in [2.24, 2.45) is 5.92 Å². The molecule has 1 aliphatic carbocycles. The molecule has 3 aromatic rings. The van der Waals surface area contributed by atoms with Crippen LogP contribution in [0, 0.1) is 11.7 Å². The van der Waals surface area contributed by atoms with Gasteiger partial charge >= 0.3 is 10.0 Å². The third-order valence-corrected chi connectivity index (χ3v) is 13.1. The highest BCUT2D eigenvalue weighted by Crippen LogP contribution is 2.62. The molecule has 2 saturated heterocycles. The lowest BCUT2D eigenvalue weighted by molar-refractivity contribution is -0.135. The van der Waals surface area contributed by atoms with Gasteiger partial charge in [0.15, 0.2) is 12.2 Å². The van der Waals surface area contributed by atoms with Gasteiger partial charge in [0, 0.05) is 47.8 Å². The zero-order valence-electron chi connectivity index (χ0n) is 26.1. The average molecular weight is 682 g/mol. The third kappa shape index (κ3) is 5.55. The van der Waals surface area contributed by atoms with E-state index in [2.05, 4.69) is 10.6 Å². The van der Waals surface area contributed by atoms with Crippen LogP contribution in [0.15, 0.2) is 71.6 Å². The topological polar surface area (TPSA) is 105 Å². The molecular weight excluding hydrogens is 643 g/mol. The van der Waals surface area contributed by atoms with E-state index >= 15 is 8.42 Å². The Balaban J connectivity index is 1.39.